The molecule has 0 spiro atoms. The Bertz CT molecular complexity index is 2080. The van der Waals surface area contributed by atoms with Crippen LogP contribution in [0.2, 0.25) is 0 Å². The summed E-state index contributed by atoms with van der Waals surface area (Å²) in [6.45, 7) is 3.45. The zero-order valence-corrected chi connectivity index (χ0v) is 61.0. The third-order valence-electron chi connectivity index (χ3n) is 19.0. The average Bonchev–Trinajstić information content (AvgIpc) is 0.763. The molecule has 2 aliphatic heterocycles. The summed E-state index contributed by atoms with van der Waals surface area (Å²) in [5, 5.41) is 110. The number of hydrogen-bond acceptors (Lipinski definition) is 23. The molecule has 0 aromatic heterocycles. The topological polar surface area (TPSA) is 374 Å². The van der Waals surface area contributed by atoms with E-state index in [9.17, 15) is 74.9 Å². The summed E-state index contributed by atoms with van der Waals surface area (Å²) >= 11 is 0. The Morgan fingerprint density at radius 3 is 1.11 bits per heavy atom. The summed E-state index contributed by atoms with van der Waals surface area (Å²) in [4.78, 5) is 51.0. The van der Waals surface area contributed by atoms with Crippen LogP contribution in [0.1, 0.15) is 303 Å². The van der Waals surface area contributed by atoms with Crippen LogP contribution < -0.4 is 0 Å². The summed E-state index contributed by atoms with van der Waals surface area (Å²) in [6, 6.07) is 0. The van der Waals surface area contributed by atoms with Crippen LogP contribution in [0, 0.1) is 0 Å². The maximum Gasteiger partial charge on any atom is 0.472 e. The van der Waals surface area contributed by atoms with Gasteiger partial charge in [-0.15, -0.1) is 0 Å². The molecule has 2 heterocycles. The zero-order valence-electron chi connectivity index (χ0n) is 60.1. The van der Waals surface area contributed by atoms with E-state index >= 15 is 0 Å². The van der Waals surface area contributed by atoms with Crippen molar-refractivity contribution < 1.29 is 117 Å². The molecule has 98 heavy (non-hydrogen) atoms. The highest BCUT2D eigenvalue weighted by Crippen LogP contribution is 2.49. The minimum absolute atomic E-state index is 0.0248. The van der Waals surface area contributed by atoms with Gasteiger partial charge in [-0.1, -0.05) is 251 Å². The van der Waals surface area contributed by atoms with Crippen molar-refractivity contribution in [1.82, 2.24) is 0 Å². The first kappa shape index (κ1) is 89.9. The molecule has 0 amide bonds. The highest BCUT2D eigenvalue weighted by Gasteiger charge is 2.58. The number of unbranched alkanes of at least 4 members (excludes halogenated alkanes) is 37. The fraction of sp³-hybridized carbons (Fsp3) is 0.932. The fourth-order valence-electron chi connectivity index (χ4n) is 12.8. The van der Waals surface area contributed by atoms with Crippen molar-refractivity contribution in [3.05, 3.63) is 12.2 Å². The van der Waals surface area contributed by atoms with E-state index in [1.54, 1.807) is 0 Å². The highest BCUT2D eigenvalue weighted by atomic mass is 31.2. The predicted molar refractivity (Wildman–Crippen MR) is 370 cm³/mol. The van der Waals surface area contributed by atoms with Gasteiger partial charge in [-0.3, -0.25) is 23.4 Å². The van der Waals surface area contributed by atoms with Crippen molar-refractivity contribution in [3.8, 4) is 0 Å². The lowest BCUT2D eigenvalue weighted by molar-refractivity contribution is -0.360. The molecule has 3 rings (SSSR count). The number of carbonyl (C=O) groups excluding carboxylic acids is 3. The minimum Gasteiger partial charge on any atom is -0.463 e. The van der Waals surface area contributed by atoms with Gasteiger partial charge in [0.2, 0.25) is 0 Å². The lowest BCUT2D eigenvalue weighted by atomic mass is 9.84. The molecule has 3 aliphatic rings. The number of aliphatic hydroxyl groups is 10. The Hall–Kier alpha value is -2.30. The maximum atomic E-state index is 14.3. The molecule has 2 saturated heterocycles. The van der Waals surface area contributed by atoms with Crippen molar-refractivity contribution in [3.63, 3.8) is 0 Å². The van der Waals surface area contributed by atoms with E-state index in [4.69, 9.17) is 42.2 Å². The highest BCUT2D eigenvalue weighted by molar-refractivity contribution is 7.47. The molecule has 18 unspecified atom stereocenters. The van der Waals surface area contributed by atoms with Gasteiger partial charge in [0, 0.05) is 19.3 Å². The quantitative estimate of drug-likeness (QED) is 0.00886. The number of ether oxygens (including phenoxy) is 7. The molecule has 0 aromatic carbocycles. The van der Waals surface area contributed by atoms with E-state index in [2.05, 4.69) is 32.9 Å². The van der Waals surface area contributed by atoms with E-state index in [-0.39, 0.29) is 19.3 Å². The van der Waals surface area contributed by atoms with E-state index in [1.807, 2.05) is 0 Å². The van der Waals surface area contributed by atoms with Gasteiger partial charge in [-0.25, -0.2) is 4.57 Å². The molecule has 1 saturated carbocycles. The Labute approximate surface area is 586 Å². The molecule has 0 aromatic rings. The fourth-order valence-corrected chi connectivity index (χ4v) is 13.7. The van der Waals surface area contributed by atoms with Gasteiger partial charge in [0.15, 0.2) is 18.7 Å². The summed E-state index contributed by atoms with van der Waals surface area (Å²) in [6.07, 6.45) is 14.1. The monoisotopic (exact) mass is 1430 g/mol. The Morgan fingerprint density at radius 2 is 0.714 bits per heavy atom. The largest absolute Gasteiger partial charge is 0.472 e. The van der Waals surface area contributed by atoms with Gasteiger partial charge in [0.05, 0.1) is 13.2 Å². The molecule has 1 aliphatic carbocycles. The molecule has 3 fully saturated rings. The van der Waals surface area contributed by atoms with Gasteiger partial charge in [-0.05, 0) is 44.9 Å². The first-order chi connectivity index (χ1) is 47.3. The first-order valence-electron chi connectivity index (χ1n) is 38.5. The van der Waals surface area contributed by atoms with Crippen LogP contribution in [0.4, 0.5) is 0 Å². The van der Waals surface area contributed by atoms with Crippen LogP contribution in [-0.4, -0.2) is 204 Å². The molecule has 24 nitrogen and oxygen atoms in total. The van der Waals surface area contributed by atoms with Gasteiger partial charge < -0.3 is 89.1 Å². The number of phosphoric ester groups is 1. The zero-order chi connectivity index (χ0) is 71.8. The summed E-state index contributed by atoms with van der Waals surface area (Å²) in [7, 11) is -5.69. The average molecular weight is 1430 g/mol. The number of esters is 3. The Kier molecular flexibility index (Phi) is 50.7. The molecule has 0 radical (unpaired) electrons. The maximum absolute atomic E-state index is 14.3. The first-order valence-corrected chi connectivity index (χ1v) is 40.0. The van der Waals surface area contributed by atoms with Crippen molar-refractivity contribution >= 4 is 25.7 Å². The molecule has 0 bridgehead atoms. The molecule has 11 N–H and O–H groups in total. The van der Waals surface area contributed by atoms with Crippen LogP contribution >= 0.6 is 7.82 Å². The van der Waals surface area contributed by atoms with Crippen LogP contribution in [0.5, 0.6) is 0 Å². The van der Waals surface area contributed by atoms with Gasteiger partial charge in [-0.2, -0.15) is 0 Å². The number of phosphoric acid groups is 1. The molecule has 25 heteroatoms. The molecule has 576 valence electrons. The summed E-state index contributed by atoms with van der Waals surface area (Å²) in [5.41, 5.74) is 0. The van der Waals surface area contributed by atoms with E-state index in [0.29, 0.717) is 19.3 Å². The van der Waals surface area contributed by atoms with Gasteiger partial charge in [0.25, 0.3) is 0 Å². The minimum atomic E-state index is -5.69. The second kappa shape index (κ2) is 55.2. The number of allylic oxidation sites excluding steroid dienone is 2. The van der Waals surface area contributed by atoms with Gasteiger partial charge >= 0.3 is 25.7 Å². The summed E-state index contributed by atoms with van der Waals surface area (Å²) < 4.78 is 65.1. The smallest absolute Gasteiger partial charge is 0.463 e. The second-order valence-electron chi connectivity index (χ2n) is 27.7. The van der Waals surface area contributed by atoms with Crippen molar-refractivity contribution in [2.24, 2.45) is 0 Å². The van der Waals surface area contributed by atoms with E-state index < -0.39 is 156 Å². The van der Waals surface area contributed by atoms with Crippen LogP contribution in [0.25, 0.3) is 0 Å². The third kappa shape index (κ3) is 37.9. The second-order valence-corrected chi connectivity index (χ2v) is 29.1. The normalized spacial score (nSPS) is 27.7. The SMILES string of the molecule is CCCCCC/C=C\CCCCCCCCCC(=O)OCC1OC(OC2C(O)C(O)C(O)C(OC3OC(CO)C(O)C(O)C3O)C2OP(=O)(O)OCC(COC(=O)CCCCCCCCCCCCCCCCC)OC(=O)CCCCCCCCCCCCCCC)C(O)C(O)C1O. The number of rotatable bonds is 60. The predicted octanol–water partition coefficient (Wildman–Crippen LogP) is 10.7. The van der Waals surface area contributed by atoms with Crippen LogP contribution in [-0.2, 0) is 61.2 Å². The lowest BCUT2D eigenvalue weighted by Gasteiger charge is -2.49. The van der Waals surface area contributed by atoms with Crippen molar-refractivity contribution in [1.29, 1.82) is 0 Å². The van der Waals surface area contributed by atoms with Crippen LogP contribution in [0.15, 0.2) is 12.2 Å². The standard InChI is InChI=1S/C73H135O24P/c1-4-7-10-13-16-19-22-25-27-30-32-35-38-41-44-47-57(75)89-51-54(92-59(77)49-46-43-40-37-34-29-24-21-18-15-12-9-6-3)52-91-98(87,88)97-71-69(95-72-67(85)62(80)60(78)55(50-74)93-72)65(83)64(82)66(84)70(71)96-73-68(86)63(81)61(79)56(94-73)53-90-58(76)48-45-42-39-36-33-31-28-26-23-20-17-14-11-8-5-2/h20,23,54-56,60-74,78-86H,4-19,21-22,24-53H2,1-3H3,(H,87,88)/b23-20-. The Morgan fingerprint density at radius 1 is 0.388 bits per heavy atom. The van der Waals surface area contributed by atoms with E-state index in [1.165, 1.54) is 135 Å². The molecular weight excluding hydrogens is 1290 g/mol. The van der Waals surface area contributed by atoms with Crippen LogP contribution in [0.3, 0.4) is 0 Å². The lowest BCUT2D eigenvalue weighted by Crippen LogP contribution is -2.69. The third-order valence-corrected chi connectivity index (χ3v) is 20.0. The van der Waals surface area contributed by atoms with E-state index in [0.717, 1.165) is 109 Å². The molecule has 18 atom stereocenters. The van der Waals surface area contributed by atoms with Crippen molar-refractivity contribution in [2.75, 3.05) is 26.4 Å². The number of aliphatic hydroxyl groups excluding tert-OH is 10. The molecular formula is C73H135O24P. The number of carbonyl (C=O) groups is 3. The summed E-state index contributed by atoms with van der Waals surface area (Å²) in [5.74, 6) is -1.98. The number of hydrogen-bond donors (Lipinski definition) is 11. The van der Waals surface area contributed by atoms with Gasteiger partial charge in [0.1, 0.15) is 98.7 Å². The Balaban J connectivity index is 1.72. The van der Waals surface area contributed by atoms with Crippen molar-refractivity contribution in [2.45, 2.75) is 407 Å².